The van der Waals surface area contributed by atoms with Crippen LogP contribution >= 0.6 is 0 Å². The van der Waals surface area contributed by atoms with E-state index in [2.05, 4.69) is 4.74 Å². The summed E-state index contributed by atoms with van der Waals surface area (Å²) < 4.78 is 18.1. The van der Waals surface area contributed by atoms with Crippen molar-refractivity contribution in [3.05, 3.63) is 35.1 Å². The lowest BCUT2D eigenvalue weighted by Gasteiger charge is -2.17. The lowest BCUT2D eigenvalue weighted by Crippen LogP contribution is -2.29. The molecule has 18 heavy (non-hydrogen) atoms. The van der Waals surface area contributed by atoms with Gasteiger partial charge in [-0.05, 0) is 13.0 Å². The fourth-order valence-electron chi connectivity index (χ4n) is 1.47. The van der Waals surface area contributed by atoms with Crippen LogP contribution in [0.1, 0.15) is 28.9 Å². The predicted molar refractivity (Wildman–Crippen MR) is 59.4 cm³/mol. The van der Waals surface area contributed by atoms with E-state index in [1.807, 2.05) is 0 Å². The first-order chi connectivity index (χ1) is 8.40. The van der Waals surface area contributed by atoms with Crippen molar-refractivity contribution in [3.63, 3.8) is 0 Å². The van der Waals surface area contributed by atoms with Gasteiger partial charge in [0.2, 0.25) is 0 Å². The van der Waals surface area contributed by atoms with Crippen LogP contribution in [0.3, 0.4) is 0 Å². The molecule has 6 heteroatoms. The highest BCUT2D eigenvalue weighted by molar-refractivity contribution is 5.94. The van der Waals surface area contributed by atoms with Gasteiger partial charge in [-0.3, -0.25) is 4.79 Å². The van der Waals surface area contributed by atoms with Gasteiger partial charge < -0.3 is 14.9 Å². The molecule has 0 aliphatic carbocycles. The molecule has 5 nitrogen and oxygen atoms in total. The summed E-state index contributed by atoms with van der Waals surface area (Å²) in [6, 6.07) is 3.78. The SMILES string of the molecule is COC(=O)C(O)C(O)c1cccc(C(C)=O)c1F. The second-order valence-corrected chi connectivity index (χ2v) is 3.68. The Morgan fingerprint density at radius 3 is 2.44 bits per heavy atom. The van der Waals surface area contributed by atoms with Crippen LogP contribution in [0.5, 0.6) is 0 Å². The number of ketones is 1. The van der Waals surface area contributed by atoms with Crippen molar-refractivity contribution in [1.82, 2.24) is 0 Å². The van der Waals surface area contributed by atoms with Crippen LogP contribution in [0.25, 0.3) is 0 Å². The minimum atomic E-state index is -1.91. The van der Waals surface area contributed by atoms with Gasteiger partial charge in [0, 0.05) is 5.56 Å². The first kappa shape index (κ1) is 14.3. The molecule has 2 N–H and O–H groups in total. The van der Waals surface area contributed by atoms with E-state index < -0.39 is 29.8 Å². The van der Waals surface area contributed by atoms with E-state index in [0.717, 1.165) is 7.11 Å². The van der Waals surface area contributed by atoms with E-state index >= 15 is 0 Å². The minimum Gasteiger partial charge on any atom is -0.467 e. The summed E-state index contributed by atoms with van der Waals surface area (Å²) in [6.07, 6.45) is -3.71. The molecule has 0 saturated heterocycles. The zero-order chi connectivity index (χ0) is 13.9. The number of hydrogen-bond acceptors (Lipinski definition) is 5. The molecule has 0 aromatic heterocycles. The van der Waals surface area contributed by atoms with E-state index in [0.29, 0.717) is 0 Å². The molecule has 1 aromatic rings. The highest BCUT2D eigenvalue weighted by atomic mass is 19.1. The molecule has 2 atom stereocenters. The van der Waals surface area contributed by atoms with Crippen molar-refractivity contribution in [3.8, 4) is 0 Å². The van der Waals surface area contributed by atoms with Crippen molar-refractivity contribution in [2.45, 2.75) is 19.1 Å². The van der Waals surface area contributed by atoms with Crippen LogP contribution in [-0.2, 0) is 9.53 Å². The molecular formula is C12H13FO5. The lowest BCUT2D eigenvalue weighted by atomic mass is 9.99. The third kappa shape index (κ3) is 2.72. The summed E-state index contributed by atoms with van der Waals surface area (Å²) in [6.45, 7) is 1.17. The summed E-state index contributed by atoms with van der Waals surface area (Å²) >= 11 is 0. The topological polar surface area (TPSA) is 83.8 Å². The monoisotopic (exact) mass is 256 g/mol. The number of hydrogen-bond donors (Lipinski definition) is 2. The Labute approximate surface area is 103 Å². The molecule has 0 amide bonds. The molecule has 0 spiro atoms. The van der Waals surface area contributed by atoms with Crippen molar-refractivity contribution in [2.75, 3.05) is 7.11 Å². The van der Waals surface area contributed by atoms with Crippen LogP contribution in [0, 0.1) is 5.82 Å². The van der Waals surface area contributed by atoms with Crippen LogP contribution < -0.4 is 0 Å². The van der Waals surface area contributed by atoms with Gasteiger partial charge in [0.15, 0.2) is 11.9 Å². The summed E-state index contributed by atoms with van der Waals surface area (Å²) in [4.78, 5) is 22.2. The Morgan fingerprint density at radius 2 is 1.94 bits per heavy atom. The quantitative estimate of drug-likeness (QED) is 0.608. The number of aliphatic hydroxyl groups excluding tert-OH is 2. The summed E-state index contributed by atoms with van der Waals surface area (Å²) in [5, 5.41) is 19.1. The number of carbonyl (C=O) groups excluding carboxylic acids is 2. The van der Waals surface area contributed by atoms with Crippen LogP contribution in [0.2, 0.25) is 0 Å². The van der Waals surface area contributed by atoms with Crippen molar-refractivity contribution in [2.24, 2.45) is 0 Å². The van der Waals surface area contributed by atoms with Gasteiger partial charge in [-0.2, -0.15) is 0 Å². The maximum absolute atomic E-state index is 13.9. The highest BCUT2D eigenvalue weighted by Crippen LogP contribution is 2.23. The van der Waals surface area contributed by atoms with Gasteiger partial charge >= 0.3 is 5.97 Å². The van der Waals surface area contributed by atoms with Gasteiger partial charge in [0.1, 0.15) is 11.9 Å². The van der Waals surface area contributed by atoms with Gasteiger partial charge in [-0.1, -0.05) is 12.1 Å². The average molecular weight is 256 g/mol. The molecule has 98 valence electrons. The third-order valence-corrected chi connectivity index (χ3v) is 2.47. The van der Waals surface area contributed by atoms with Gasteiger partial charge in [0.25, 0.3) is 0 Å². The zero-order valence-corrected chi connectivity index (χ0v) is 9.88. The predicted octanol–water partition coefficient (Wildman–Crippen LogP) is 0.596. The molecule has 1 aromatic carbocycles. The molecule has 0 fully saturated rings. The number of halogens is 1. The van der Waals surface area contributed by atoms with Crippen LogP contribution in [-0.4, -0.2) is 35.2 Å². The van der Waals surface area contributed by atoms with Crippen molar-refractivity contribution < 1.29 is 28.9 Å². The molecule has 0 heterocycles. The minimum absolute atomic E-state index is 0.219. The van der Waals surface area contributed by atoms with E-state index in [4.69, 9.17) is 0 Å². The fraction of sp³-hybridized carbons (Fsp3) is 0.333. The Morgan fingerprint density at radius 1 is 1.33 bits per heavy atom. The van der Waals surface area contributed by atoms with E-state index in [1.54, 1.807) is 0 Å². The van der Waals surface area contributed by atoms with Crippen molar-refractivity contribution in [1.29, 1.82) is 0 Å². The molecule has 0 saturated carbocycles. The Balaban J connectivity index is 3.14. The Kier molecular flexibility index (Phi) is 4.52. The largest absolute Gasteiger partial charge is 0.467 e. The number of esters is 1. The number of benzene rings is 1. The molecule has 0 radical (unpaired) electrons. The van der Waals surface area contributed by atoms with Gasteiger partial charge in [-0.25, -0.2) is 9.18 Å². The van der Waals surface area contributed by atoms with E-state index in [1.165, 1.54) is 25.1 Å². The highest BCUT2D eigenvalue weighted by Gasteiger charge is 2.29. The molecule has 2 unspecified atom stereocenters. The summed E-state index contributed by atoms with van der Waals surface area (Å²) in [5.74, 6) is -2.57. The number of Topliss-reactive ketones (excluding diaryl/α,β-unsaturated/α-hetero) is 1. The average Bonchev–Trinajstić information content (AvgIpc) is 2.36. The number of carbonyl (C=O) groups is 2. The normalized spacial score (nSPS) is 13.8. The maximum atomic E-state index is 13.9. The van der Waals surface area contributed by atoms with Crippen molar-refractivity contribution >= 4 is 11.8 Å². The summed E-state index contributed by atoms with van der Waals surface area (Å²) in [7, 11) is 1.03. The lowest BCUT2D eigenvalue weighted by molar-refractivity contribution is -0.156. The number of methoxy groups -OCH3 is 1. The Bertz CT molecular complexity index is 472. The van der Waals surface area contributed by atoms with E-state index in [-0.39, 0.29) is 11.1 Å². The van der Waals surface area contributed by atoms with Gasteiger partial charge in [0.05, 0.1) is 12.7 Å². The smallest absolute Gasteiger partial charge is 0.337 e. The first-order valence-corrected chi connectivity index (χ1v) is 5.13. The number of ether oxygens (including phenoxy) is 1. The van der Waals surface area contributed by atoms with Crippen LogP contribution in [0.15, 0.2) is 18.2 Å². The second kappa shape index (κ2) is 5.70. The van der Waals surface area contributed by atoms with Crippen LogP contribution in [0.4, 0.5) is 4.39 Å². The third-order valence-electron chi connectivity index (χ3n) is 2.47. The zero-order valence-electron chi connectivity index (χ0n) is 9.88. The molecule has 0 aliphatic rings. The van der Waals surface area contributed by atoms with Gasteiger partial charge in [-0.15, -0.1) is 0 Å². The fourth-order valence-corrected chi connectivity index (χ4v) is 1.47. The molecular weight excluding hydrogens is 243 g/mol. The number of rotatable bonds is 4. The second-order valence-electron chi connectivity index (χ2n) is 3.68. The summed E-state index contributed by atoms with van der Waals surface area (Å²) in [5.41, 5.74) is -0.552. The molecule has 0 bridgehead atoms. The number of aliphatic hydroxyl groups is 2. The maximum Gasteiger partial charge on any atom is 0.337 e. The standard InChI is InChI=1S/C12H13FO5/c1-6(14)7-4-3-5-8(9(7)13)10(15)11(16)12(17)18-2/h3-5,10-11,15-16H,1-2H3. The molecule has 0 aliphatic heterocycles. The Hall–Kier alpha value is -1.79. The van der Waals surface area contributed by atoms with E-state index in [9.17, 15) is 24.2 Å². The first-order valence-electron chi connectivity index (χ1n) is 5.13. The molecule has 1 rings (SSSR count).